The maximum Gasteiger partial charge on any atom is 0.254 e. The molecule has 0 aliphatic carbocycles. The van der Waals surface area contributed by atoms with E-state index >= 15 is 0 Å². The van der Waals surface area contributed by atoms with Gasteiger partial charge in [0.25, 0.3) is 5.91 Å². The number of H-pyrrole nitrogens is 1. The number of aromatic amines is 1. The Morgan fingerprint density at radius 3 is 2.66 bits per heavy atom. The van der Waals surface area contributed by atoms with Gasteiger partial charge in [-0.2, -0.15) is 5.10 Å². The van der Waals surface area contributed by atoms with Gasteiger partial charge in [0.05, 0.1) is 12.8 Å². The molecule has 3 aromatic rings. The van der Waals surface area contributed by atoms with E-state index in [1.165, 1.54) is 19.2 Å². The van der Waals surface area contributed by atoms with Crippen LogP contribution in [0.4, 0.5) is 10.2 Å². The molecule has 0 bridgehead atoms. The predicted molar refractivity (Wildman–Crippen MR) is 110 cm³/mol. The van der Waals surface area contributed by atoms with Crippen molar-refractivity contribution in [2.45, 2.75) is 6.42 Å². The van der Waals surface area contributed by atoms with E-state index in [2.05, 4.69) is 15.1 Å². The number of aromatic nitrogens is 2. The van der Waals surface area contributed by atoms with Crippen molar-refractivity contribution < 1.29 is 13.9 Å². The predicted octanol–water partition coefficient (Wildman–Crippen LogP) is 3.58. The molecule has 0 radical (unpaired) electrons. The quantitative estimate of drug-likeness (QED) is 0.735. The summed E-state index contributed by atoms with van der Waals surface area (Å²) in [5.41, 5.74) is 2.38. The second-order valence-electron chi connectivity index (χ2n) is 6.99. The van der Waals surface area contributed by atoms with Gasteiger partial charge in [0.1, 0.15) is 0 Å². The van der Waals surface area contributed by atoms with Crippen molar-refractivity contribution in [1.82, 2.24) is 15.1 Å². The van der Waals surface area contributed by atoms with Crippen molar-refractivity contribution in [2.24, 2.45) is 0 Å². The molecule has 4 rings (SSSR count). The summed E-state index contributed by atoms with van der Waals surface area (Å²) in [6.07, 6.45) is 0.817. The fraction of sp³-hybridized carbons (Fsp3) is 0.273. The van der Waals surface area contributed by atoms with Crippen LogP contribution in [0, 0.1) is 5.82 Å². The van der Waals surface area contributed by atoms with Gasteiger partial charge < -0.3 is 14.5 Å². The third-order valence-electron chi connectivity index (χ3n) is 5.15. The second kappa shape index (κ2) is 8.34. The van der Waals surface area contributed by atoms with E-state index in [1.54, 1.807) is 11.0 Å². The molecule has 29 heavy (non-hydrogen) atoms. The Bertz CT molecular complexity index is 989. The summed E-state index contributed by atoms with van der Waals surface area (Å²) in [6, 6.07) is 16.4. The van der Waals surface area contributed by atoms with E-state index in [1.807, 2.05) is 36.4 Å². The van der Waals surface area contributed by atoms with E-state index in [4.69, 9.17) is 4.74 Å². The number of hydrogen-bond acceptors (Lipinski definition) is 4. The van der Waals surface area contributed by atoms with Crippen molar-refractivity contribution in [3.05, 3.63) is 66.0 Å². The van der Waals surface area contributed by atoms with Crippen molar-refractivity contribution in [3.8, 4) is 17.0 Å². The van der Waals surface area contributed by atoms with Crippen LogP contribution in [0.25, 0.3) is 11.3 Å². The molecule has 150 valence electrons. The molecule has 1 aliphatic heterocycles. The molecule has 0 atom stereocenters. The molecule has 1 saturated heterocycles. The molecule has 1 fully saturated rings. The lowest BCUT2D eigenvalue weighted by Crippen LogP contribution is -2.35. The van der Waals surface area contributed by atoms with Crippen LogP contribution in [0.15, 0.2) is 54.6 Å². The number of hydrogen-bond donors (Lipinski definition) is 1. The number of carbonyl (C=O) groups excluding carboxylic acids is 1. The highest BCUT2D eigenvalue weighted by Crippen LogP contribution is 2.23. The van der Waals surface area contributed by atoms with Crippen molar-refractivity contribution in [1.29, 1.82) is 0 Å². The van der Waals surface area contributed by atoms with Crippen molar-refractivity contribution in [2.75, 3.05) is 38.2 Å². The summed E-state index contributed by atoms with van der Waals surface area (Å²) < 4.78 is 18.9. The Morgan fingerprint density at radius 2 is 1.90 bits per heavy atom. The zero-order valence-electron chi connectivity index (χ0n) is 16.3. The molecule has 0 saturated carbocycles. The molecule has 6 nitrogen and oxygen atoms in total. The number of benzene rings is 2. The van der Waals surface area contributed by atoms with E-state index in [-0.39, 0.29) is 11.7 Å². The number of carbonyl (C=O) groups is 1. The number of rotatable bonds is 4. The number of ether oxygens (including phenoxy) is 1. The highest BCUT2D eigenvalue weighted by molar-refractivity contribution is 5.94. The lowest BCUT2D eigenvalue weighted by Gasteiger charge is -2.22. The standard InChI is InChI=1S/C22H23FN4O2/c1-29-20-9-8-17(14-18(20)23)22(28)27-11-5-10-26(12-13-27)21-15-19(24-25-21)16-6-3-2-4-7-16/h2-4,6-9,14-15H,5,10-13H2,1H3,(H,24,25). The molecule has 0 unspecified atom stereocenters. The van der Waals surface area contributed by atoms with E-state index in [9.17, 15) is 9.18 Å². The van der Waals surface area contributed by atoms with Gasteiger partial charge in [-0.05, 0) is 30.2 Å². The minimum atomic E-state index is -0.528. The molecule has 2 aromatic carbocycles. The van der Waals surface area contributed by atoms with Gasteiger partial charge in [0, 0.05) is 37.8 Å². The summed E-state index contributed by atoms with van der Waals surface area (Å²) >= 11 is 0. The van der Waals surface area contributed by atoms with Gasteiger partial charge >= 0.3 is 0 Å². The van der Waals surface area contributed by atoms with E-state index < -0.39 is 5.82 Å². The third-order valence-corrected chi connectivity index (χ3v) is 5.15. The van der Waals surface area contributed by atoms with Gasteiger partial charge in [-0.1, -0.05) is 30.3 Å². The first kappa shape index (κ1) is 19.0. The fourth-order valence-corrected chi connectivity index (χ4v) is 3.57. The van der Waals surface area contributed by atoms with Crippen LogP contribution in [0.1, 0.15) is 16.8 Å². The van der Waals surface area contributed by atoms with Crippen LogP contribution >= 0.6 is 0 Å². The minimum absolute atomic E-state index is 0.136. The Balaban J connectivity index is 1.44. The summed E-state index contributed by atoms with van der Waals surface area (Å²) in [6.45, 7) is 2.66. The number of nitrogens with one attached hydrogen (secondary N) is 1. The second-order valence-corrected chi connectivity index (χ2v) is 6.99. The smallest absolute Gasteiger partial charge is 0.254 e. The average Bonchev–Trinajstić information content (AvgIpc) is 3.12. The first-order chi connectivity index (χ1) is 14.2. The summed E-state index contributed by atoms with van der Waals surface area (Å²) in [5, 5.41) is 7.54. The summed E-state index contributed by atoms with van der Waals surface area (Å²) in [5.74, 6) is 0.310. The number of halogens is 1. The molecule has 2 heterocycles. The number of amides is 1. The zero-order chi connectivity index (χ0) is 20.2. The Kier molecular flexibility index (Phi) is 5.46. The molecular weight excluding hydrogens is 371 g/mol. The third kappa shape index (κ3) is 4.08. The SMILES string of the molecule is COc1ccc(C(=O)N2CCCN(c3cc(-c4ccccc4)[nH]n3)CC2)cc1F. The van der Waals surface area contributed by atoms with E-state index in [0.717, 1.165) is 30.0 Å². The lowest BCUT2D eigenvalue weighted by molar-refractivity contribution is 0.0766. The summed E-state index contributed by atoms with van der Waals surface area (Å²) in [4.78, 5) is 16.8. The van der Waals surface area contributed by atoms with Gasteiger partial charge in [-0.25, -0.2) is 4.39 Å². The Hall–Kier alpha value is -3.35. The van der Waals surface area contributed by atoms with Crippen LogP contribution in [0.2, 0.25) is 0 Å². The number of anilines is 1. The van der Waals surface area contributed by atoms with Crippen LogP contribution in [0.5, 0.6) is 5.75 Å². The van der Waals surface area contributed by atoms with Gasteiger partial charge in [-0.15, -0.1) is 0 Å². The Morgan fingerprint density at radius 1 is 1.07 bits per heavy atom. The fourth-order valence-electron chi connectivity index (χ4n) is 3.57. The van der Waals surface area contributed by atoms with Gasteiger partial charge in [0.2, 0.25) is 0 Å². The maximum absolute atomic E-state index is 14.0. The normalized spacial score (nSPS) is 14.6. The maximum atomic E-state index is 14.0. The van der Waals surface area contributed by atoms with Gasteiger partial charge in [0.15, 0.2) is 17.4 Å². The molecule has 1 aliphatic rings. The zero-order valence-corrected chi connectivity index (χ0v) is 16.3. The monoisotopic (exact) mass is 394 g/mol. The van der Waals surface area contributed by atoms with Crippen LogP contribution < -0.4 is 9.64 Å². The van der Waals surface area contributed by atoms with Gasteiger partial charge in [-0.3, -0.25) is 9.89 Å². The molecule has 1 aromatic heterocycles. The van der Waals surface area contributed by atoms with Crippen LogP contribution in [0.3, 0.4) is 0 Å². The van der Waals surface area contributed by atoms with Crippen molar-refractivity contribution >= 4 is 11.7 Å². The molecule has 1 amide bonds. The lowest BCUT2D eigenvalue weighted by atomic mass is 10.1. The molecule has 7 heteroatoms. The molecule has 0 spiro atoms. The van der Waals surface area contributed by atoms with Crippen molar-refractivity contribution in [3.63, 3.8) is 0 Å². The molecule has 1 N–H and O–H groups in total. The first-order valence-corrected chi connectivity index (χ1v) is 9.64. The summed E-state index contributed by atoms with van der Waals surface area (Å²) in [7, 11) is 1.40. The highest BCUT2D eigenvalue weighted by atomic mass is 19.1. The van der Waals surface area contributed by atoms with Crippen LogP contribution in [-0.2, 0) is 0 Å². The first-order valence-electron chi connectivity index (χ1n) is 9.64. The number of methoxy groups -OCH3 is 1. The Labute approximate surface area is 168 Å². The highest BCUT2D eigenvalue weighted by Gasteiger charge is 2.22. The largest absolute Gasteiger partial charge is 0.494 e. The van der Waals surface area contributed by atoms with Crippen LogP contribution in [-0.4, -0.2) is 54.3 Å². The van der Waals surface area contributed by atoms with E-state index in [0.29, 0.717) is 25.2 Å². The average molecular weight is 394 g/mol. The topological polar surface area (TPSA) is 61.5 Å². The minimum Gasteiger partial charge on any atom is -0.494 e. The number of nitrogens with zero attached hydrogens (tertiary/aromatic N) is 3. The molecular formula is C22H23FN4O2.